The highest BCUT2D eigenvalue weighted by molar-refractivity contribution is 7.19. The molecule has 0 aliphatic carbocycles. The summed E-state index contributed by atoms with van der Waals surface area (Å²) in [6.45, 7) is 4.84. The number of hydrogen-bond donors (Lipinski definition) is 2. The molecule has 4 aromatic rings. The second-order valence-corrected chi connectivity index (χ2v) is 9.76. The Kier molecular flexibility index (Phi) is 5.18. The molecule has 4 heterocycles. The standard InChI is InChI=1S/C22H22N6O2S2/c1-12-4-3-5-14(10-12)18-16(26-21(23)32-18)20(30)27-7-6-15(27)11-24-19(29)17-13(2)25-22-28(17)8-9-31-22/h3-5,8-10,15H,6-7,11H2,1-2H3,(H2,23,26)(H,24,29)/t15-/m0/s1. The van der Waals surface area contributed by atoms with E-state index in [1.807, 2.05) is 49.7 Å². The fourth-order valence-electron chi connectivity index (χ4n) is 3.98. The molecule has 1 aromatic carbocycles. The molecule has 0 unspecified atom stereocenters. The van der Waals surface area contributed by atoms with Gasteiger partial charge in [0, 0.05) is 24.7 Å². The van der Waals surface area contributed by atoms with Gasteiger partial charge in [0.15, 0.2) is 10.1 Å². The van der Waals surface area contributed by atoms with Gasteiger partial charge in [0.05, 0.1) is 16.6 Å². The van der Waals surface area contributed by atoms with Crippen molar-refractivity contribution in [3.05, 3.63) is 58.5 Å². The van der Waals surface area contributed by atoms with Crippen LogP contribution in [0.3, 0.4) is 0 Å². The van der Waals surface area contributed by atoms with Crippen molar-refractivity contribution < 1.29 is 9.59 Å². The highest BCUT2D eigenvalue weighted by atomic mass is 32.1. The van der Waals surface area contributed by atoms with Crippen molar-refractivity contribution in [2.75, 3.05) is 18.8 Å². The molecule has 1 fully saturated rings. The van der Waals surface area contributed by atoms with E-state index in [2.05, 4.69) is 15.3 Å². The number of benzene rings is 1. The van der Waals surface area contributed by atoms with Crippen molar-refractivity contribution in [3.8, 4) is 10.4 Å². The minimum Gasteiger partial charge on any atom is -0.375 e. The number of anilines is 1. The first-order valence-electron chi connectivity index (χ1n) is 10.3. The number of nitrogen functional groups attached to an aromatic ring is 1. The van der Waals surface area contributed by atoms with Crippen molar-refractivity contribution in [1.29, 1.82) is 0 Å². The summed E-state index contributed by atoms with van der Waals surface area (Å²) >= 11 is 2.81. The maximum Gasteiger partial charge on any atom is 0.274 e. The van der Waals surface area contributed by atoms with E-state index >= 15 is 0 Å². The molecule has 164 valence electrons. The van der Waals surface area contributed by atoms with Gasteiger partial charge in [0.1, 0.15) is 11.4 Å². The highest BCUT2D eigenvalue weighted by Crippen LogP contribution is 2.34. The number of fused-ring (bicyclic) bond motifs is 1. The van der Waals surface area contributed by atoms with Crippen molar-refractivity contribution >= 4 is 44.6 Å². The van der Waals surface area contributed by atoms with Crippen LogP contribution in [0.2, 0.25) is 0 Å². The molecule has 10 heteroatoms. The molecule has 1 saturated heterocycles. The zero-order chi connectivity index (χ0) is 22.4. The summed E-state index contributed by atoms with van der Waals surface area (Å²) in [5.74, 6) is -0.341. The van der Waals surface area contributed by atoms with E-state index in [1.54, 1.807) is 9.30 Å². The fraction of sp³-hybridized carbons (Fsp3) is 0.273. The number of carbonyl (C=O) groups excluding carboxylic acids is 2. The third kappa shape index (κ3) is 3.55. The third-order valence-corrected chi connectivity index (χ3v) is 7.37. The summed E-state index contributed by atoms with van der Waals surface area (Å²) < 4.78 is 1.80. The Balaban J connectivity index is 1.31. The van der Waals surface area contributed by atoms with E-state index in [4.69, 9.17) is 5.73 Å². The molecular weight excluding hydrogens is 444 g/mol. The van der Waals surface area contributed by atoms with Crippen molar-refractivity contribution in [3.63, 3.8) is 0 Å². The van der Waals surface area contributed by atoms with Crippen LogP contribution in [0.1, 0.15) is 38.7 Å². The number of nitrogens with zero attached hydrogens (tertiary/aromatic N) is 4. The molecule has 32 heavy (non-hydrogen) atoms. The number of amides is 2. The van der Waals surface area contributed by atoms with E-state index in [0.717, 1.165) is 27.4 Å². The van der Waals surface area contributed by atoms with Crippen LogP contribution in [0.15, 0.2) is 35.8 Å². The van der Waals surface area contributed by atoms with Gasteiger partial charge in [-0.1, -0.05) is 41.2 Å². The van der Waals surface area contributed by atoms with E-state index in [0.29, 0.717) is 35.3 Å². The molecule has 0 bridgehead atoms. The topological polar surface area (TPSA) is 106 Å². The van der Waals surface area contributed by atoms with Gasteiger partial charge in [0.2, 0.25) is 0 Å². The normalized spacial score (nSPS) is 15.7. The quantitative estimate of drug-likeness (QED) is 0.469. The third-order valence-electron chi connectivity index (χ3n) is 5.68. The van der Waals surface area contributed by atoms with Gasteiger partial charge in [-0.15, -0.1) is 11.3 Å². The average molecular weight is 467 g/mol. The molecule has 0 saturated carbocycles. The largest absolute Gasteiger partial charge is 0.375 e. The molecule has 3 N–H and O–H groups in total. The number of likely N-dealkylation sites (tertiary alicyclic amines) is 1. The summed E-state index contributed by atoms with van der Waals surface area (Å²) in [4.78, 5) is 38.2. The molecule has 2 amide bonds. The number of rotatable bonds is 5. The van der Waals surface area contributed by atoms with Gasteiger partial charge in [0.25, 0.3) is 11.8 Å². The summed E-state index contributed by atoms with van der Waals surface area (Å²) in [5.41, 5.74) is 9.60. The van der Waals surface area contributed by atoms with Crippen molar-refractivity contribution in [1.82, 2.24) is 24.6 Å². The Hall–Kier alpha value is -3.24. The van der Waals surface area contributed by atoms with E-state index in [9.17, 15) is 9.59 Å². The molecule has 1 atom stereocenters. The van der Waals surface area contributed by atoms with Gasteiger partial charge < -0.3 is 16.0 Å². The van der Waals surface area contributed by atoms with Gasteiger partial charge in [-0.25, -0.2) is 9.97 Å². The van der Waals surface area contributed by atoms with Crippen molar-refractivity contribution in [2.24, 2.45) is 0 Å². The first-order chi connectivity index (χ1) is 15.4. The van der Waals surface area contributed by atoms with Crippen LogP contribution in [0.25, 0.3) is 15.4 Å². The molecule has 5 rings (SSSR count). The number of hydrogen-bond acceptors (Lipinski definition) is 7. The maximum absolute atomic E-state index is 13.3. The molecular formula is C22H22N6O2S2. The second kappa shape index (κ2) is 8.03. The molecule has 1 aliphatic heterocycles. The van der Waals surface area contributed by atoms with Crippen LogP contribution < -0.4 is 11.1 Å². The number of imidazole rings is 1. The lowest BCUT2D eigenvalue weighted by Gasteiger charge is -2.40. The molecule has 3 aromatic heterocycles. The van der Waals surface area contributed by atoms with Crippen LogP contribution in [-0.4, -0.2) is 50.2 Å². The van der Waals surface area contributed by atoms with Crippen molar-refractivity contribution in [2.45, 2.75) is 26.3 Å². The number of nitrogens with two attached hydrogens (primary N) is 1. The zero-order valence-electron chi connectivity index (χ0n) is 17.7. The average Bonchev–Trinajstić information content (AvgIpc) is 3.41. The Labute approximate surface area is 192 Å². The number of thiazole rings is 2. The number of carbonyl (C=O) groups is 2. The lowest BCUT2D eigenvalue weighted by Crippen LogP contribution is -2.56. The van der Waals surface area contributed by atoms with Gasteiger partial charge >= 0.3 is 0 Å². The molecule has 0 radical (unpaired) electrons. The SMILES string of the molecule is Cc1cccc(-c2sc(N)nc2C(=O)N2CC[C@H]2CNC(=O)c2c(C)nc3sccn23)c1. The first-order valence-corrected chi connectivity index (χ1v) is 12.0. The minimum atomic E-state index is -0.189. The summed E-state index contributed by atoms with van der Waals surface area (Å²) in [7, 11) is 0. The van der Waals surface area contributed by atoms with Gasteiger partial charge in [-0.3, -0.25) is 14.0 Å². The fourth-order valence-corrected chi connectivity index (χ4v) is 5.56. The smallest absolute Gasteiger partial charge is 0.274 e. The summed E-state index contributed by atoms with van der Waals surface area (Å²) in [6.07, 6.45) is 2.66. The van der Waals surface area contributed by atoms with Crippen LogP contribution in [0.4, 0.5) is 5.13 Å². The summed E-state index contributed by atoms with van der Waals surface area (Å²) in [5, 5.41) is 5.24. The zero-order valence-corrected chi connectivity index (χ0v) is 19.3. The predicted molar refractivity (Wildman–Crippen MR) is 126 cm³/mol. The van der Waals surface area contributed by atoms with Crippen LogP contribution in [-0.2, 0) is 0 Å². The van der Waals surface area contributed by atoms with Gasteiger partial charge in [-0.05, 0) is 25.8 Å². The van der Waals surface area contributed by atoms with Gasteiger partial charge in [-0.2, -0.15) is 0 Å². The Morgan fingerprint density at radius 3 is 2.88 bits per heavy atom. The summed E-state index contributed by atoms with van der Waals surface area (Å²) in [6, 6.07) is 7.88. The van der Waals surface area contributed by atoms with E-state index in [-0.39, 0.29) is 17.9 Å². The van der Waals surface area contributed by atoms with Crippen LogP contribution in [0.5, 0.6) is 0 Å². The number of aryl methyl sites for hydroxylation is 2. The molecule has 0 spiro atoms. The monoisotopic (exact) mass is 466 g/mol. The lowest BCUT2D eigenvalue weighted by molar-refractivity contribution is 0.0451. The second-order valence-electron chi connectivity index (χ2n) is 7.85. The van der Waals surface area contributed by atoms with Crippen LogP contribution in [0, 0.1) is 13.8 Å². The molecule has 1 aliphatic rings. The highest BCUT2D eigenvalue weighted by Gasteiger charge is 2.35. The Morgan fingerprint density at radius 1 is 1.28 bits per heavy atom. The first kappa shape index (κ1) is 20.7. The minimum absolute atomic E-state index is 0.0778. The van der Waals surface area contributed by atoms with E-state index < -0.39 is 0 Å². The predicted octanol–water partition coefficient (Wildman–Crippen LogP) is 3.36. The lowest BCUT2D eigenvalue weighted by atomic mass is 10.0. The number of nitrogens with one attached hydrogen (secondary N) is 1. The Bertz CT molecular complexity index is 1340. The Morgan fingerprint density at radius 2 is 2.12 bits per heavy atom. The number of aromatic nitrogens is 3. The van der Waals surface area contributed by atoms with E-state index in [1.165, 1.54) is 22.7 Å². The maximum atomic E-state index is 13.3. The molecule has 8 nitrogen and oxygen atoms in total. The van der Waals surface area contributed by atoms with Crippen LogP contribution >= 0.6 is 22.7 Å².